The molecule has 0 spiro atoms. The Balaban J connectivity index is 2.61. The SMILES string of the molecule is C=C=C(C)[C@H](O)[C@H]1COC(C)(C)O1. The average molecular weight is 184 g/mol. The van der Waals surface area contributed by atoms with Crippen LogP contribution in [0.1, 0.15) is 20.8 Å². The van der Waals surface area contributed by atoms with Gasteiger partial charge < -0.3 is 14.6 Å². The highest BCUT2D eigenvalue weighted by atomic mass is 16.7. The van der Waals surface area contributed by atoms with Crippen LogP contribution in [0.2, 0.25) is 0 Å². The van der Waals surface area contributed by atoms with Gasteiger partial charge in [-0.05, 0) is 26.3 Å². The van der Waals surface area contributed by atoms with Crippen molar-refractivity contribution in [2.24, 2.45) is 0 Å². The molecule has 3 heteroatoms. The molecule has 0 unspecified atom stereocenters. The van der Waals surface area contributed by atoms with Crippen molar-refractivity contribution >= 4 is 0 Å². The van der Waals surface area contributed by atoms with Crippen molar-refractivity contribution in [3.05, 3.63) is 17.9 Å². The van der Waals surface area contributed by atoms with Gasteiger partial charge in [0.1, 0.15) is 12.2 Å². The Kier molecular flexibility index (Phi) is 2.94. The van der Waals surface area contributed by atoms with E-state index in [-0.39, 0.29) is 6.10 Å². The van der Waals surface area contributed by atoms with Gasteiger partial charge in [-0.25, -0.2) is 0 Å². The Hall–Kier alpha value is -0.600. The van der Waals surface area contributed by atoms with Crippen molar-refractivity contribution in [2.75, 3.05) is 6.61 Å². The van der Waals surface area contributed by atoms with Gasteiger partial charge in [0.15, 0.2) is 5.79 Å². The Morgan fingerprint density at radius 3 is 2.69 bits per heavy atom. The molecule has 2 atom stereocenters. The highest BCUT2D eigenvalue weighted by Crippen LogP contribution is 2.25. The van der Waals surface area contributed by atoms with Crippen LogP contribution in [-0.2, 0) is 9.47 Å². The van der Waals surface area contributed by atoms with Crippen LogP contribution >= 0.6 is 0 Å². The van der Waals surface area contributed by atoms with Gasteiger partial charge in [-0.15, -0.1) is 5.73 Å². The molecule has 0 amide bonds. The number of aliphatic hydroxyl groups is 1. The molecule has 1 aliphatic heterocycles. The first-order chi connectivity index (χ1) is 5.96. The minimum atomic E-state index is -0.667. The van der Waals surface area contributed by atoms with Gasteiger partial charge in [-0.3, -0.25) is 0 Å². The van der Waals surface area contributed by atoms with Crippen LogP contribution < -0.4 is 0 Å². The quantitative estimate of drug-likeness (QED) is 0.656. The summed E-state index contributed by atoms with van der Waals surface area (Å²) < 4.78 is 10.8. The van der Waals surface area contributed by atoms with Crippen LogP contribution in [0.5, 0.6) is 0 Å². The summed E-state index contributed by atoms with van der Waals surface area (Å²) in [6.07, 6.45) is -0.969. The number of ether oxygens (including phenoxy) is 2. The lowest BCUT2D eigenvalue weighted by atomic mass is 10.1. The number of hydrogen-bond donors (Lipinski definition) is 1. The highest BCUT2D eigenvalue weighted by molar-refractivity contribution is 5.05. The van der Waals surface area contributed by atoms with Gasteiger partial charge in [0.2, 0.25) is 0 Å². The van der Waals surface area contributed by atoms with Crippen molar-refractivity contribution in [1.82, 2.24) is 0 Å². The summed E-state index contributed by atoms with van der Waals surface area (Å²) in [6, 6.07) is 0. The third-order valence-electron chi connectivity index (χ3n) is 2.11. The van der Waals surface area contributed by atoms with E-state index in [0.717, 1.165) is 0 Å². The predicted octanol–water partition coefficient (Wildman–Crippen LogP) is 1.23. The van der Waals surface area contributed by atoms with E-state index in [1.807, 2.05) is 13.8 Å². The Bertz CT molecular complexity index is 239. The van der Waals surface area contributed by atoms with Gasteiger partial charge in [0.05, 0.1) is 6.61 Å². The average Bonchev–Trinajstić information content (AvgIpc) is 2.43. The second kappa shape index (κ2) is 3.64. The maximum absolute atomic E-state index is 9.71. The Labute approximate surface area is 78.7 Å². The van der Waals surface area contributed by atoms with E-state index in [1.165, 1.54) is 0 Å². The van der Waals surface area contributed by atoms with Crippen molar-refractivity contribution in [3.8, 4) is 0 Å². The normalized spacial score (nSPS) is 28.2. The lowest BCUT2D eigenvalue weighted by Crippen LogP contribution is -2.31. The number of rotatable bonds is 2. The van der Waals surface area contributed by atoms with Crippen LogP contribution in [0.3, 0.4) is 0 Å². The zero-order valence-electron chi connectivity index (χ0n) is 8.33. The molecular formula is C10H16O3. The third-order valence-corrected chi connectivity index (χ3v) is 2.11. The summed E-state index contributed by atoms with van der Waals surface area (Å²) in [7, 11) is 0. The van der Waals surface area contributed by atoms with E-state index in [2.05, 4.69) is 12.3 Å². The molecule has 1 aliphatic rings. The molecule has 1 fully saturated rings. The summed E-state index contributed by atoms with van der Waals surface area (Å²) in [6.45, 7) is 9.30. The van der Waals surface area contributed by atoms with Gasteiger partial charge >= 0.3 is 0 Å². The molecule has 0 bridgehead atoms. The molecule has 0 radical (unpaired) electrons. The fourth-order valence-electron chi connectivity index (χ4n) is 1.25. The zero-order valence-corrected chi connectivity index (χ0v) is 8.33. The van der Waals surface area contributed by atoms with E-state index >= 15 is 0 Å². The molecule has 13 heavy (non-hydrogen) atoms. The van der Waals surface area contributed by atoms with Crippen LogP contribution in [0.4, 0.5) is 0 Å². The molecule has 0 saturated carbocycles. The molecule has 0 aromatic heterocycles. The van der Waals surface area contributed by atoms with E-state index in [1.54, 1.807) is 6.92 Å². The molecule has 3 nitrogen and oxygen atoms in total. The second-order valence-electron chi connectivity index (χ2n) is 3.67. The van der Waals surface area contributed by atoms with Crippen LogP contribution in [0.15, 0.2) is 17.9 Å². The molecule has 1 rings (SSSR count). The molecular weight excluding hydrogens is 168 g/mol. The molecule has 1 N–H and O–H groups in total. The molecule has 0 aliphatic carbocycles. The van der Waals surface area contributed by atoms with E-state index < -0.39 is 11.9 Å². The maximum atomic E-state index is 9.71. The summed E-state index contributed by atoms with van der Waals surface area (Å²) in [5.41, 5.74) is 3.34. The van der Waals surface area contributed by atoms with Gasteiger partial charge in [-0.1, -0.05) is 6.58 Å². The maximum Gasteiger partial charge on any atom is 0.163 e. The fourth-order valence-corrected chi connectivity index (χ4v) is 1.25. The molecule has 74 valence electrons. The van der Waals surface area contributed by atoms with Crippen molar-refractivity contribution in [1.29, 1.82) is 0 Å². The van der Waals surface area contributed by atoms with Crippen molar-refractivity contribution < 1.29 is 14.6 Å². The summed E-state index contributed by atoms with van der Waals surface area (Å²) >= 11 is 0. The Morgan fingerprint density at radius 1 is 1.69 bits per heavy atom. The minimum absolute atomic E-state index is 0.302. The molecule has 0 aromatic carbocycles. The fraction of sp³-hybridized carbons (Fsp3) is 0.700. The smallest absolute Gasteiger partial charge is 0.163 e. The second-order valence-corrected chi connectivity index (χ2v) is 3.67. The van der Waals surface area contributed by atoms with E-state index in [4.69, 9.17) is 9.47 Å². The standard InChI is InChI=1S/C10H16O3/c1-5-7(2)9(11)8-6-12-10(3,4)13-8/h8-9,11H,1,6H2,2-4H3/t8-,9+/m1/s1. The highest BCUT2D eigenvalue weighted by Gasteiger charge is 2.37. The lowest BCUT2D eigenvalue weighted by molar-refractivity contribution is -0.148. The number of aliphatic hydroxyl groups excluding tert-OH is 1. The summed E-state index contributed by atoms with van der Waals surface area (Å²) in [4.78, 5) is 0. The first-order valence-corrected chi connectivity index (χ1v) is 4.32. The van der Waals surface area contributed by atoms with Gasteiger partial charge in [0.25, 0.3) is 0 Å². The third kappa shape index (κ3) is 2.42. The van der Waals surface area contributed by atoms with Gasteiger partial charge in [-0.2, -0.15) is 0 Å². The zero-order chi connectivity index (χ0) is 10.1. The van der Waals surface area contributed by atoms with Gasteiger partial charge in [0, 0.05) is 0 Å². The lowest BCUT2D eigenvalue weighted by Gasteiger charge is -2.20. The Morgan fingerprint density at radius 2 is 2.31 bits per heavy atom. The van der Waals surface area contributed by atoms with E-state index in [0.29, 0.717) is 12.2 Å². The topological polar surface area (TPSA) is 38.7 Å². The van der Waals surface area contributed by atoms with Crippen LogP contribution in [-0.4, -0.2) is 29.7 Å². The molecule has 1 heterocycles. The molecule has 0 aromatic rings. The molecule has 1 saturated heterocycles. The first kappa shape index (κ1) is 10.5. The minimum Gasteiger partial charge on any atom is -0.385 e. The van der Waals surface area contributed by atoms with Crippen molar-refractivity contribution in [3.63, 3.8) is 0 Å². The van der Waals surface area contributed by atoms with Crippen LogP contribution in [0, 0.1) is 0 Å². The predicted molar refractivity (Wildman–Crippen MR) is 49.2 cm³/mol. The first-order valence-electron chi connectivity index (χ1n) is 4.32. The van der Waals surface area contributed by atoms with Crippen LogP contribution in [0.25, 0.3) is 0 Å². The summed E-state index contributed by atoms with van der Waals surface area (Å²) in [5, 5.41) is 9.71. The largest absolute Gasteiger partial charge is 0.385 e. The van der Waals surface area contributed by atoms with Crippen molar-refractivity contribution in [2.45, 2.75) is 38.8 Å². The monoisotopic (exact) mass is 184 g/mol. The number of hydrogen-bond acceptors (Lipinski definition) is 3. The summed E-state index contributed by atoms with van der Waals surface area (Å²) in [5.74, 6) is -0.590. The van der Waals surface area contributed by atoms with E-state index in [9.17, 15) is 5.11 Å².